The second-order valence-electron chi connectivity index (χ2n) is 4.22. The number of hydrogen-bond donors (Lipinski definition) is 2. The van der Waals surface area contributed by atoms with E-state index in [0.29, 0.717) is 16.6 Å². The maximum Gasteiger partial charge on any atom is 0.262 e. The molecule has 2 heterocycles. The number of piperidine rings is 1. The van der Waals surface area contributed by atoms with Crippen LogP contribution in [-0.2, 0) is 0 Å². The number of amides is 1. The molecule has 1 fully saturated rings. The molecule has 6 heteroatoms. The Balaban J connectivity index is 2.18. The van der Waals surface area contributed by atoms with Crippen LogP contribution < -0.4 is 11.3 Å². The van der Waals surface area contributed by atoms with Gasteiger partial charge in [0.1, 0.15) is 0 Å². The number of aromatic nitrogens is 1. The van der Waals surface area contributed by atoms with Crippen LogP contribution in [0.4, 0.5) is 0 Å². The van der Waals surface area contributed by atoms with Gasteiger partial charge in [0.2, 0.25) is 0 Å². The third-order valence-corrected chi connectivity index (χ3v) is 3.44. The summed E-state index contributed by atoms with van der Waals surface area (Å²) in [6.45, 7) is 1.30. The number of pyridine rings is 1. The maximum atomic E-state index is 12.1. The third-order valence-electron chi connectivity index (χ3n) is 2.85. The van der Waals surface area contributed by atoms with Crippen LogP contribution in [0.1, 0.15) is 23.2 Å². The minimum atomic E-state index is -0.239. The standard InChI is InChI=1S/C11H14BrN3O2/c12-9-4-7(5-14-10(9)16)11(17)15-3-1-2-8(13)6-15/h4-5,8H,1-3,6,13H2,(H,14,16). The molecule has 1 unspecified atom stereocenters. The van der Waals surface area contributed by atoms with E-state index in [1.807, 2.05) is 0 Å². The van der Waals surface area contributed by atoms with Crippen LogP contribution in [0.25, 0.3) is 0 Å². The highest BCUT2D eigenvalue weighted by molar-refractivity contribution is 9.10. The quantitative estimate of drug-likeness (QED) is 0.801. The van der Waals surface area contributed by atoms with Crippen molar-refractivity contribution < 1.29 is 4.79 Å². The number of nitrogens with two attached hydrogens (primary N) is 1. The van der Waals surface area contributed by atoms with Gasteiger partial charge < -0.3 is 15.6 Å². The Morgan fingerprint density at radius 3 is 3.00 bits per heavy atom. The number of rotatable bonds is 1. The molecule has 1 aromatic heterocycles. The smallest absolute Gasteiger partial charge is 0.262 e. The second-order valence-corrected chi connectivity index (χ2v) is 5.07. The predicted molar refractivity (Wildman–Crippen MR) is 67.9 cm³/mol. The lowest BCUT2D eigenvalue weighted by atomic mass is 10.1. The molecule has 2 rings (SSSR count). The highest BCUT2D eigenvalue weighted by atomic mass is 79.9. The average molecular weight is 300 g/mol. The number of H-pyrrole nitrogens is 1. The second kappa shape index (κ2) is 5.01. The highest BCUT2D eigenvalue weighted by Gasteiger charge is 2.22. The summed E-state index contributed by atoms with van der Waals surface area (Å²) in [5, 5.41) is 0. The molecule has 0 spiro atoms. The zero-order valence-electron chi connectivity index (χ0n) is 9.28. The van der Waals surface area contributed by atoms with Crippen molar-refractivity contribution in [1.29, 1.82) is 0 Å². The van der Waals surface area contributed by atoms with E-state index in [4.69, 9.17) is 5.73 Å². The fourth-order valence-electron chi connectivity index (χ4n) is 1.96. The SMILES string of the molecule is NC1CCCN(C(=O)c2c[nH]c(=O)c(Br)c2)C1. The van der Waals surface area contributed by atoms with Crippen LogP contribution in [0.5, 0.6) is 0 Å². The monoisotopic (exact) mass is 299 g/mol. The van der Waals surface area contributed by atoms with Gasteiger partial charge in [-0.25, -0.2) is 0 Å². The van der Waals surface area contributed by atoms with Crippen molar-refractivity contribution in [1.82, 2.24) is 9.88 Å². The Morgan fingerprint density at radius 2 is 2.35 bits per heavy atom. The number of likely N-dealkylation sites (tertiary alicyclic amines) is 1. The molecule has 1 aromatic rings. The summed E-state index contributed by atoms with van der Waals surface area (Å²) in [7, 11) is 0. The maximum absolute atomic E-state index is 12.1. The largest absolute Gasteiger partial charge is 0.337 e. The fourth-order valence-corrected chi connectivity index (χ4v) is 2.32. The van der Waals surface area contributed by atoms with Crippen LogP contribution in [-0.4, -0.2) is 34.9 Å². The Bertz CT molecular complexity index is 486. The molecule has 5 nitrogen and oxygen atoms in total. The minimum Gasteiger partial charge on any atom is -0.337 e. The molecule has 0 saturated carbocycles. The molecule has 1 amide bonds. The molecule has 1 atom stereocenters. The first-order valence-electron chi connectivity index (χ1n) is 5.51. The predicted octanol–water partition coefficient (Wildman–Crippen LogP) is 0.701. The Hall–Kier alpha value is -1.14. The van der Waals surface area contributed by atoms with E-state index in [1.165, 1.54) is 6.20 Å². The summed E-state index contributed by atoms with van der Waals surface area (Å²) in [6, 6.07) is 1.60. The lowest BCUT2D eigenvalue weighted by Crippen LogP contribution is -2.45. The van der Waals surface area contributed by atoms with Gasteiger partial charge in [-0.15, -0.1) is 0 Å². The van der Waals surface area contributed by atoms with Gasteiger partial charge in [-0.2, -0.15) is 0 Å². The van der Waals surface area contributed by atoms with Gasteiger partial charge in [0, 0.05) is 25.3 Å². The minimum absolute atomic E-state index is 0.0545. The number of carbonyl (C=O) groups excluding carboxylic acids is 1. The Morgan fingerprint density at radius 1 is 1.59 bits per heavy atom. The van der Waals surface area contributed by atoms with E-state index >= 15 is 0 Å². The van der Waals surface area contributed by atoms with Gasteiger partial charge in [-0.3, -0.25) is 9.59 Å². The molecule has 1 aliphatic rings. The van der Waals surface area contributed by atoms with E-state index in [1.54, 1.807) is 11.0 Å². The number of carbonyl (C=O) groups is 1. The van der Waals surface area contributed by atoms with E-state index in [0.717, 1.165) is 19.4 Å². The van der Waals surface area contributed by atoms with Crippen molar-refractivity contribution in [2.45, 2.75) is 18.9 Å². The molecule has 0 bridgehead atoms. The molecule has 1 saturated heterocycles. The topological polar surface area (TPSA) is 79.2 Å². The number of nitrogens with zero attached hydrogens (tertiary/aromatic N) is 1. The third kappa shape index (κ3) is 2.76. The zero-order valence-corrected chi connectivity index (χ0v) is 10.9. The molecule has 0 aliphatic carbocycles. The van der Waals surface area contributed by atoms with Gasteiger partial charge in [0.25, 0.3) is 11.5 Å². The first-order chi connectivity index (χ1) is 8.08. The summed E-state index contributed by atoms with van der Waals surface area (Å²) in [4.78, 5) is 27.6. The summed E-state index contributed by atoms with van der Waals surface area (Å²) in [5.74, 6) is -0.0860. The van der Waals surface area contributed by atoms with Crippen LogP contribution in [0.2, 0.25) is 0 Å². The molecule has 3 N–H and O–H groups in total. The molecule has 17 heavy (non-hydrogen) atoms. The van der Waals surface area contributed by atoms with Crippen molar-refractivity contribution in [2.24, 2.45) is 5.73 Å². The number of aromatic amines is 1. The van der Waals surface area contributed by atoms with Crippen LogP contribution in [0, 0.1) is 0 Å². The summed E-state index contributed by atoms with van der Waals surface area (Å²) < 4.78 is 0.365. The van der Waals surface area contributed by atoms with E-state index in [-0.39, 0.29) is 17.5 Å². The zero-order chi connectivity index (χ0) is 12.4. The van der Waals surface area contributed by atoms with Gasteiger partial charge >= 0.3 is 0 Å². The molecule has 0 aromatic carbocycles. The summed E-state index contributed by atoms with van der Waals surface area (Å²) in [5.41, 5.74) is 6.07. The highest BCUT2D eigenvalue weighted by Crippen LogP contribution is 2.13. The van der Waals surface area contributed by atoms with Gasteiger partial charge in [-0.1, -0.05) is 0 Å². The van der Waals surface area contributed by atoms with E-state index in [9.17, 15) is 9.59 Å². The Labute approximate surface area is 107 Å². The first kappa shape index (κ1) is 12.3. The fraction of sp³-hybridized carbons (Fsp3) is 0.455. The van der Waals surface area contributed by atoms with Gasteiger partial charge in [-0.05, 0) is 34.8 Å². The number of halogens is 1. The van der Waals surface area contributed by atoms with Crippen molar-refractivity contribution in [3.63, 3.8) is 0 Å². The molecule has 92 valence electrons. The summed E-state index contributed by atoms with van der Waals surface area (Å²) in [6.07, 6.45) is 3.33. The van der Waals surface area contributed by atoms with Crippen molar-refractivity contribution >= 4 is 21.8 Å². The normalized spacial score (nSPS) is 20.4. The van der Waals surface area contributed by atoms with Crippen molar-refractivity contribution in [2.75, 3.05) is 13.1 Å². The van der Waals surface area contributed by atoms with Gasteiger partial charge in [0.05, 0.1) is 10.0 Å². The molecule has 1 aliphatic heterocycles. The van der Waals surface area contributed by atoms with Crippen molar-refractivity contribution in [3.8, 4) is 0 Å². The molecule has 0 radical (unpaired) electrons. The lowest BCUT2D eigenvalue weighted by Gasteiger charge is -2.30. The van der Waals surface area contributed by atoms with Crippen LogP contribution in [0.3, 0.4) is 0 Å². The van der Waals surface area contributed by atoms with E-state index in [2.05, 4.69) is 20.9 Å². The van der Waals surface area contributed by atoms with E-state index < -0.39 is 0 Å². The first-order valence-corrected chi connectivity index (χ1v) is 6.30. The molecular weight excluding hydrogens is 286 g/mol. The summed E-state index contributed by atoms with van der Waals surface area (Å²) >= 11 is 3.11. The number of hydrogen-bond acceptors (Lipinski definition) is 3. The van der Waals surface area contributed by atoms with Crippen LogP contribution >= 0.6 is 15.9 Å². The number of nitrogens with one attached hydrogen (secondary N) is 1. The van der Waals surface area contributed by atoms with Crippen LogP contribution in [0.15, 0.2) is 21.5 Å². The van der Waals surface area contributed by atoms with Gasteiger partial charge in [0.15, 0.2) is 0 Å². The Kier molecular flexibility index (Phi) is 3.63. The van der Waals surface area contributed by atoms with Crippen molar-refractivity contribution in [3.05, 3.63) is 32.7 Å². The molecular formula is C11H14BrN3O2. The average Bonchev–Trinajstić information content (AvgIpc) is 2.32. The lowest BCUT2D eigenvalue weighted by molar-refractivity contribution is 0.0708.